The summed E-state index contributed by atoms with van der Waals surface area (Å²) in [5, 5.41) is 17.8. The number of phenolic OH excluding ortho intramolecular Hbond substituents is 1. The number of hydrogen-bond donors (Lipinski definition) is 3. The number of likely N-dealkylation sites (N-methyl/N-ethyl adjacent to an activating group) is 1. The van der Waals surface area contributed by atoms with Gasteiger partial charge in [-0.3, -0.25) is 9.78 Å². The van der Waals surface area contributed by atoms with Gasteiger partial charge in [0.1, 0.15) is 5.82 Å². The largest absolute Gasteiger partial charge is 0.505 e. The Morgan fingerprint density at radius 2 is 1.84 bits per heavy atom. The van der Waals surface area contributed by atoms with Crippen molar-refractivity contribution in [1.29, 1.82) is 0 Å². The first-order valence-electron chi connectivity index (χ1n) is 12.1. The van der Waals surface area contributed by atoms with Crippen LogP contribution in [0.25, 0.3) is 22.0 Å². The molecule has 3 N–H and O–H groups in total. The molecule has 0 saturated heterocycles. The number of aromatic nitrogens is 2. The highest BCUT2D eigenvalue weighted by molar-refractivity contribution is 6.37. The Hall–Kier alpha value is -3.39. The molecule has 7 nitrogen and oxygen atoms in total. The molecule has 190 valence electrons. The van der Waals surface area contributed by atoms with E-state index >= 15 is 0 Å². The van der Waals surface area contributed by atoms with E-state index in [4.69, 9.17) is 28.2 Å². The number of benzene rings is 2. The average molecular weight is 536 g/mol. The molecular formula is C28H27Cl2N5O2. The van der Waals surface area contributed by atoms with E-state index in [2.05, 4.69) is 20.5 Å². The molecule has 5 rings (SSSR count). The van der Waals surface area contributed by atoms with Gasteiger partial charge in [0.25, 0.3) is 0 Å². The monoisotopic (exact) mass is 535 g/mol. The topological polar surface area (TPSA) is 90.4 Å². The predicted molar refractivity (Wildman–Crippen MR) is 151 cm³/mol. The lowest BCUT2D eigenvalue weighted by Gasteiger charge is -2.17. The molecule has 0 atom stereocenters. The van der Waals surface area contributed by atoms with Crippen LogP contribution in [0.15, 0.2) is 48.7 Å². The van der Waals surface area contributed by atoms with Gasteiger partial charge in [-0.15, -0.1) is 0 Å². The lowest BCUT2D eigenvalue weighted by molar-refractivity contribution is 0.112. The van der Waals surface area contributed by atoms with Crippen molar-refractivity contribution < 1.29 is 9.90 Å². The van der Waals surface area contributed by atoms with Crippen LogP contribution in [0.2, 0.25) is 10.0 Å². The molecule has 0 aliphatic heterocycles. The number of phenols is 1. The van der Waals surface area contributed by atoms with E-state index in [9.17, 15) is 9.90 Å². The van der Waals surface area contributed by atoms with Crippen molar-refractivity contribution in [3.05, 3.63) is 70.0 Å². The summed E-state index contributed by atoms with van der Waals surface area (Å²) in [6, 6.07) is 13.0. The molecular weight excluding hydrogens is 509 g/mol. The fourth-order valence-electron chi connectivity index (χ4n) is 4.25. The molecule has 2 heterocycles. The van der Waals surface area contributed by atoms with Gasteiger partial charge >= 0.3 is 0 Å². The van der Waals surface area contributed by atoms with Crippen LogP contribution in [0.4, 0.5) is 17.2 Å². The molecule has 1 aliphatic rings. The van der Waals surface area contributed by atoms with E-state index in [1.807, 2.05) is 44.4 Å². The van der Waals surface area contributed by atoms with Gasteiger partial charge < -0.3 is 20.6 Å². The van der Waals surface area contributed by atoms with Gasteiger partial charge in [0, 0.05) is 24.4 Å². The SMILES string of the molecule is CN(C)CCNc1ccc(Nc2c(C=O)c(C3CC3)nc3ccc(-c4cc(Cl)c(O)c(Cl)c4)cc23)cn1. The van der Waals surface area contributed by atoms with Crippen LogP contribution in [-0.2, 0) is 0 Å². The highest BCUT2D eigenvalue weighted by atomic mass is 35.5. The molecule has 2 aromatic carbocycles. The molecule has 9 heteroatoms. The van der Waals surface area contributed by atoms with Gasteiger partial charge in [-0.2, -0.15) is 0 Å². The number of nitrogens with zero attached hydrogens (tertiary/aromatic N) is 3. The van der Waals surface area contributed by atoms with Crippen molar-refractivity contribution in [2.24, 2.45) is 0 Å². The third kappa shape index (κ3) is 5.49. The molecule has 1 saturated carbocycles. The Kier molecular flexibility index (Phi) is 7.20. The second-order valence-electron chi connectivity index (χ2n) is 9.49. The molecule has 0 unspecified atom stereocenters. The van der Waals surface area contributed by atoms with Crippen LogP contribution in [0.1, 0.15) is 34.8 Å². The summed E-state index contributed by atoms with van der Waals surface area (Å²) in [5.74, 6) is 0.923. The zero-order valence-electron chi connectivity index (χ0n) is 20.6. The Morgan fingerprint density at radius 1 is 1.08 bits per heavy atom. The maximum absolute atomic E-state index is 12.4. The van der Waals surface area contributed by atoms with E-state index in [0.717, 1.165) is 71.4 Å². The van der Waals surface area contributed by atoms with Crippen LogP contribution >= 0.6 is 23.2 Å². The highest BCUT2D eigenvalue weighted by Gasteiger charge is 2.30. The summed E-state index contributed by atoms with van der Waals surface area (Å²) in [5.41, 5.74) is 5.19. The number of aldehydes is 1. The molecule has 0 amide bonds. The first-order valence-corrected chi connectivity index (χ1v) is 12.8. The number of hydrogen-bond acceptors (Lipinski definition) is 7. The van der Waals surface area contributed by atoms with Gasteiger partial charge in [0.15, 0.2) is 12.0 Å². The smallest absolute Gasteiger partial charge is 0.154 e. The lowest BCUT2D eigenvalue weighted by atomic mass is 9.99. The summed E-state index contributed by atoms with van der Waals surface area (Å²) >= 11 is 12.4. The van der Waals surface area contributed by atoms with Crippen molar-refractivity contribution in [1.82, 2.24) is 14.9 Å². The summed E-state index contributed by atoms with van der Waals surface area (Å²) in [6.07, 6.45) is 4.68. The van der Waals surface area contributed by atoms with Gasteiger partial charge in [0.2, 0.25) is 0 Å². The van der Waals surface area contributed by atoms with Crippen molar-refractivity contribution in [2.45, 2.75) is 18.8 Å². The lowest BCUT2D eigenvalue weighted by Crippen LogP contribution is -2.21. The second kappa shape index (κ2) is 10.5. The normalized spacial score (nSPS) is 13.2. The number of anilines is 3. The van der Waals surface area contributed by atoms with Crippen LogP contribution in [0.3, 0.4) is 0 Å². The third-order valence-electron chi connectivity index (χ3n) is 6.38. The summed E-state index contributed by atoms with van der Waals surface area (Å²) in [6.45, 7) is 1.69. The van der Waals surface area contributed by atoms with E-state index in [-0.39, 0.29) is 15.8 Å². The Balaban J connectivity index is 1.56. The molecule has 0 spiro atoms. The van der Waals surface area contributed by atoms with Crippen molar-refractivity contribution in [3.63, 3.8) is 0 Å². The van der Waals surface area contributed by atoms with E-state index in [1.54, 1.807) is 18.3 Å². The molecule has 1 fully saturated rings. The van der Waals surface area contributed by atoms with E-state index < -0.39 is 0 Å². The first-order chi connectivity index (χ1) is 17.8. The highest BCUT2D eigenvalue weighted by Crippen LogP contribution is 2.45. The van der Waals surface area contributed by atoms with Crippen LogP contribution in [0.5, 0.6) is 5.75 Å². The number of halogens is 2. The summed E-state index contributed by atoms with van der Waals surface area (Å²) in [7, 11) is 4.05. The zero-order valence-corrected chi connectivity index (χ0v) is 22.1. The predicted octanol–water partition coefficient (Wildman–Crippen LogP) is 6.72. The van der Waals surface area contributed by atoms with Crippen LogP contribution < -0.4 is 10.6 Å². The maximum Gasteiger partial charge on any atom is 0.154 e. The molecule has 2 aromatic heterocycles. The van der Waals surface area contributed by atoms with Gasteiger partial charge in [-0.05, 0) is 74.5 Å². The second-order valence-corrected chi connectivity index (χ2v) is 10.3. The molecule has 0 bridgehead atoms. The number of fused-ring (bicyclic) bond motifs is 1. The Morgan fingerprint density at radius 3 is 2.46 bits per heavy atom. The van der Waals surface area contributed by atoms with Crippen LogP contribution in [-0.4, -0.2) is 53.4 Å². The number of rotatable bonds is 9. The molecule has 1 aliphatic carbocycles. The van der Waals surface area contributed by atoms with E-state index in [1.165, 1.54) is 0 Å². The number of nitrogens with one attached hydrogen (secondary N) is 2. The fourth-order valence-corrected chi connectivity index (χ4v) is 4.74. The maximum atomic E-state index is 12.4. The average Bonchev–Trinajstić information content (AvgIpc) is 3.73. The van der Waals surface area contributed by atoms with Gasteiger partial charge in [-0.1, -0.05) is 29.3 Å². The third-order valence-corrected chi connectivity index (χ3v) is 6.96. The molecule has 4 aromatic rings. The Labute approximate surface area is 225 Å². The van der Waals surface area contributed by atoms with Crippen molar-refractivity contribution in [3.8, 4) is 16.9 Å². The minimum absolute atomic E-state index is 0.152. The number of carbonyl (C=O) groups is 1. The van der Waals surface area contributed by atoms with Crippen molar-refractivity contribution >= 4 is 57.6 Å². The van der Waals surface area contributed by atoms with Gasteiger partial charge in [-0.25, -0.2) is 4.98 Å². The van der Waals surface area contributed by atoms with Crippen molar-refractivity contribution in [2.75, 3.05) is 37.8 Å². The summed E-state index contributed by atoms with van der Waals surface area (Å²) in [4.78, 5) is 23.8. The quantitative estimate of drug-likeness (QED) is 0.205. The zero-order chi connectivity index (χ0) is 26.1. The van der Waals surface area contributed by atoms with Crippen LogP contribution in [0, 0.1) is 0 Å². The first kappa shape index (κ1) is 25.3. The Bertz CT molecular complexity index is 1450. The van der Waals surface area contributed by atoms with E-state index in [0.29, 0.717) is 17.2 Å². The number of aromatic hydroxyl groups is 1. The number of pyridine rings is 2. The molecule has 37 heavy (non-hydrogen) atoms. The minimum Gasteiger partial charge on any atom is -0.505 e. The van der Waals surface area contributed by atoms with Gasteiger partial charge in [0.05, 0.1) is 44.4 Å². The minimum atomic E-state index is -0.152. The summed E-state index contributed by atoms with van der Waals surface area (Å²) < 4.78 is 0. The molecule has 0 radical (unpaired) electrons. The number of carbonyl (C=O) groups excluding carboxylic acids is 1. The standard InChI is InChI=1S/C28H27Cl2N5O2/c1-35(2)10-9-31-25-8-6-19(14-32-25)33-27-20-11-17(18-12-22(29)28(37)23(30)13-18)5-7-24(20)34-26(16-3-4-16)21(27)15-36/h5-8,11-16,37H,3-4,9-10H2,1-2H3,(H,31,32)(H,33,34). The fraction of sp³-hybridized carbons (Fsp3) is 0.250.